The summed E-state index contributed by atoms with van der Waals surface area (Å²) in [5.41, 5.74) is 2.07. The summed E-state index contributed by atoms with van der Waals surface area (Å²) in [6.07, 6.45) is 0.555. The molecule has 3 aromatic heterocycles. The molecule has 0 aliphatic rings. The average Bonchev–Trinajstić information content (AvgIpc) is 3.29. The van der Waals surface area contributed by atoms with Gasteiger partial charge in [-0.25, -0.2) is 4.98 Å². The summed E-state index contributed by atoms with van der Waals surface area (Å²) in [6.45, 7) is 0. The van der Waals surface area contributed by atoms with Crippen LogP contribution >= 0.6 is 38.6 Å². The number of hydrogen-bond acceptors (Lipinski definition) is 6. The van der Waals surface area contributed by atoms with E-state index >= 15 is 0 Å². The molecule has 0 aliphatic heterocycles. The van der Waals surface area contributed by atoms with E-state index < -0.39 is 0 Å². The van der Waals surface area contributed by atoms with E-state index in [-0.39, 0.29) is 0 Å². The van der Waals surface area contributed by atoms with Gasteiger partial charge < -0.3 is 4.52 Å². The molecule has 0 amide bonds. The minimum absolute atomic E-state index is 0.555. The molecule has 0 N–H and O–H groups in total. The van der Waals surface area contributed by atoms with Crippen molar-refractivity contribution in [2.75, 3.05) is 0 Å². The highest BCUT2D eigenvalue weighted by atomic mass is 79.9. The Morgan fingerprint density at radius 3 is 2.70 bits per heavy atom. The van der Waals surface area contributed by atoms with Gasteiger partial charge in [0.05, 0.1) is 17.0 Å². The Hall–Kier alpha value is -1.83. The third kappa shape index (κ3) is 3.26. The fourth-order valence-electron chi connectivity index (χ4n) is 2.11. The van der Waals surface area contributed by atoms with Crippen LogP contribution in [0.15, 0.2) is 56.2 Å². The van der Waals surface area contributed by atoms with Crippen molar-refractivity contribution in [3.8, 4) is 22.0 Å². The summed E-state index contributed by atoms with van der Waals surface area (Å²) in [6, 6.07) is 12.1. The Morgan fingerprint density at radius 2 is 1.91 bits per heavy atom. The summed E-state index contributed by atoms with van der Waals surface area (Å²) >= 11 is 6.64. The SMILES string of the molecule is Brc1ccc(-c2csc(Cc3nc(-c4cccs4)no3)n2)cc1. The lowest BCUT2D eigenvalue weighted by atomic mass is 10.2. The first kappa shape index (κ1) is 14.7. The molecule has 0 radical (unpaired) electrons. The van der Waals surface area contributed by atoms with Gasteiger partial charge in [0.2, 0.25) is 11.7 Å². The minimum Gasteiger partial charge on any atom is -0.338 e. The van der Waals surface area contributed by atoms with Crippen LogP contribution in [0.25, 0.3) is 22.0 Å². The second kappa shape index (κ2) is 6.35. The molecule has 4 aromatic rings. The first-order chi connectivity index (χ1) is 11.3. The fourth-order valence-corrected chi connectivity index (χ4v) is 3.82. The predicted octanol–water partition coefficient (Wildman–Crippen LogP) is 5.27. The van der Waals surface area contributed by atoms with Gasteiger partial charge in [-0.05, 0) is 23.6 Å². The molecule has 4 rings (SSSR count). The van der Waals surface area contributed by atoms with Gasteiger partial charge in [0.1, 0.15) is 5.01 Å². The zero-order valence-electron chi connectivity index (χ0n) is 11.8. The maximum Gasteiger partial charge on any atom is 0.233 e. The first-order valence-corrected chi connectivity index (χ1v) is 9.40. The molecular weight excluding hydrogens is 394 g/mol. The van der Waals surface area contributed by atoms with Crippen molar-refractivity contribution in [3.05, 3.63) is 62.5 Å². The molecule has 0 saturated carbocycles. The summed E-state index contributed by atoms with van der Waals surface area (Å²) in [4.78, 5) is 10.1. The number of benzene rings is 1. The van der Waals surface area contributed by atoms with E-state index in [9.17, 15) is 0 Å². The van der Waals surface area contributed by atoms with Crippen LogP contribution in [0.1, 0.15) is 10.9 Å². The summed E-state index contributed by atoms with van der Waals surface area (Å²) in [5, 5.41) is 9.04. The lowest BCUT2D eigenvalue weighted by Gasteiger charge is -1.96. The van der Waals surface area contributed by atoms with Crippen LogP contribution in [-0.4, -0.2) is 15.1 Å². The van der Waals surface area contributed by atoms with Crippen LogP contribution in [0.4, 0.5) is 0 Å². The molecule has 4 nitrogen and oxygen atoms in total. The number of halogens is 1. The molecule has 0 saturated heterocycles. The third-order valence-corrected chi connectivity index (χ3v) is 5.45. The van der Waals surface area contributed by atoms with Crippen molar-refractivity contribution in [3.63, 3.8) is 0 Å². The van der Waals surface area contributed by atoms with E-state index in [0.717, 1.165) is 25.6 Å². The highest BCUT2D eigenvalue weighted by Gasteiger charge is 2.12. The summed E-state index contributed by atoms with van der Waals surface area (Å²) in [7, 11) is 0. The van der Waals surface area contributed by atoms with Gasteiger partial charge in [0.25, 0.3) is 0 Å². The highest BCUT2D eigenvalue weighted by Crippen LogP contribution is 2.26. The average molecular weight is 404 g/mol. The van der Waals surface area contributed by atoms with E-state index in [2.05, 4.69) is 36.4 Å². The molecule has 0 aliphatic carbocycles. The molecule has 114 valence electrons. The van der Waals surface area contributed by atoms with Crippen molar-refractivity contribution in [1.29, 1.82) is 0 Å². The van der Waals surface area contributed by atoms with Crippen LogP contribution in [-0.2, 0) is 6.42 Å². The van der Waals surface area contributed by atoms with Gasteiger partial charge in [-0.2, -0.15) is 4.98 Å². The molecule has 7 heteroatoms. The van der Waals surface area contributed by atoms with E-state index in [4.69, 9.17) is 4.52 Å². The maximum atomic E-state index is 5.33. The number of thiazole rings is 1. The maximum absolute atomic E-state index is 5.33. The van der Waals surface area contributed by atoms with Gasteiger partial charge >= 0.3 is 0 Å². The van der Waals surface area contributed by atoms with Crippen molar-refractivity contribution in [2.24, 2.45) is 0 Å². The van der Waals surface area contributed by atoms with E-state index in [0.29, 0.717) is 18.1 Å². The predicted molar refractivity (Wildman–Crippen MR) is 95.7 cm³/mol. The van der Waals surface area contributed by atoms with Crippen molar-refractivity contribution in [2.45, 2.75) is 6.42 Å². The van der Waals surface area contributed by atoms with Crippen LogP contribution in [0, 0.1) is 0 Å². The molecule has 23 heavy (non-hydrogen) atoms. The van der Waals surface area contributed by atoms with Crippen LogP contribution < -0.4 is 0 Å². The van der Waals surface area contributed by atoms with Crippen molar-refractivity contribution in [1.82, 2.24) is 15.1 Å². The Bertz CT molecular complexity index is 913. The number of aromatic nitrogens is 3. The zero-order valence-corrected chi connectivity index (χ0v) is 15.0. The Kier molecular flexibility index (Phi) is 4.07. The molecule has 0 bridgehead atoms. The number of hydrogen-bond donors (Lipinski definition) is 0. The Labute approximate surface area is 149 Å². The highest BCUT2D eigenvalue weighted by molar-refractivity contribution is 9.10. The van der Waals surface area contributed by atoms with Crippen molar-refractivity contribution >= 4 is 38.6 Å². The molecule has 1 aromatic carbocycles. The van der Waals surface area contributed by atoms with Crippen molar-refractivity contribution < 1.29 is 4.52 Å². The fraction of sp³-hybridized carbons (Fsp3) is 0.0625. The second-order valence-corrected chi connectivity index (χ2v) is 7.61. The van der Waals surface area contributed by atoms with Crippen LogP contribution in [0.3, 0.4) is 0 Å². The minimum atomic E-state index is 0.555. The lowest BCUT2D eigenvalue weighted by Crippen LogP contribution is -1.88. The van der Waals surface area contributed by atoms with E-state index in [1.807, 2.05) is 41.8 Å². The molecular formula is C16H10BrN3OS2. The quantitative estimate of drug-likeness (QED) is 0.465. The summed E-state index contributed by atoms with van der Waals surface area (Å²) in [5.74, 6) is 1.23. The smallest absolute Gasteiger partial charge is 0.233 e. The summed E-state index contributed by atoms with van der Waals surface area (Å²) < 4.78 is 6.39. The molecule has 0 fully saturated rings. The zero-order chi connectivity index (χ0) is 15.6. The Balaban J connectivity index is 1.53. The molecule has 0 unspecified atom stereocenters. The standard InChI is InChI=1S/C16H10BrN3OS2/c17-11-5-3-10(4-6-11)12-9-23-15(18-12)8-14-19-16(20-21-14)13-2-1-7-22-13/h1-7,9H,8H2. The van der Waals surface area contributed by atoms with Gasteiger partial charge in [0, 0.05) is 15.4 Å². The van der Waals surface area contributed by atoms with Crippen LogP contribution in [0.5, 0.6) is 0 Å². The molecule has 0 spiro atoms. The van der Waals surface area contributed by atoms with Gasteiger partial charge in [0.15, 0.2) is 0 Å². The topological polar surface area (TPSA) is 51.8 Å². The van der Waals surface area contributed by atoms with Gasteiger partial charge in [-0.1, -0.05) is 39.3 Å². The van der Waals surface area contributed by atoms with Gasteiger partial charge in [-0.3, -0.25) is 0 Å². The third-order valence-electron chi connectivity index (χ3n) is 3.20. The Morgan fingerprint density at radius 1 is 1.04 bits per heavy atom. The normalized spacial score (nSPS) is 11.0. The van der Waals surface area contributed by atoms with E-state index in [1.54, 1.807) is 22.7 Å². The number of rotatable bonds is 4. The lowest BCUT2D eigenvalue weighted by molar-refractivity contribution is 0.385. The van der Waals surface area contributed by atoms with Crippen LogP contribution in [0.2, 0.25) is 0 Å². The number of thiophene rings is 1. The molecule has 3 heterocycles. The first-order valence-electron chi connectivity index (χ1n) is 6.85. The number of nitrogens with zero attached hydrogens (tertiary/aromatic N) is 3. The second-order valence-electron chi connectivity index (χ2n) is 4.80. The molecule has 0 atom stereocenters. The monoisotopic (exact) mass is 403 g/mol. The largest absolute Gasteiger partial charge is 0.338 e. The van der Waals surface area contributed by atoms with E-state index in [1.165, 1.54) is 0 Å². The van der Waals surface area contributed by atoms with Gasteiger partial charge in [-0.15, -0.1) is 22.7 Å².